The maximum absolute atomic E-state index is 13.4. The highest BCUT2D eigenvalue weighted by molar-refractivity contribution is 5.16. The lowest BCUT2D eigenvalue weighted by atomic mass is 9.89. The lowest BCUT2D eigenvalue weighted by Crippen LogP contribution is -2.65. The molecule has 4 heterocycles. The van der Waals surface area contributed by atoms with Gasteiger partial charge in [0.2, 0.25) is 0 Å². The highest BCUT2D eigenvalue weighted by atomic mass is 19.1. The molecule has 4 aliphatic heterocycles. The monoisotopic (exact) mass is 753 g/mol. The van der Waals surface area contributed by atoms with Gasteiger partial charge in [0.15, 0.2) is 18.9 Å². The number of morpholine rings is 1. The summed E-state index contributed by atoms with van der Waals surface area (Å²) in [5, 5.41) is 105. The van der Waals surface area contributed by atoms with E-state index in [0.717, 1.165) is 5.56 Å². The average molecular weight is 754 g/mol. The summed E-state index contributed by atoms with van der Waals surface area (Å²) in [4.78, 5) is 1.89. The summed E-state index contributed by atoms with van der Waals surface area (Å²) in [6.45, 7) is 1.99. The van der Waals surface area contributed by atoms with Crippen LogP contribution in [-0.2, 0) is 39.7 Å². The highest BCUT2D eigenvalue weighted by Crippen LogP contribution is 2.33. The van der Waals surface area contributed by atoms with Crippen molar-refractivity contribution in [3.63, 3.8) is 0 Å². The number of ether oxygens (including phenoxy) is 7. The zero-order chi connectivity index (χ0) is 37.9. The van der Waals surface area contributed by atoms with Gasteiger partial charge in [-0.2, -0.15) is 0 Å². The topological polar surface area (TPSA) is 270 Å². The van der Waals surface area contributed by atoms with Crippen LogP contribution in [0.2, 0.25) is 0 Å². The van der Waals surface area contributed by atoms with E-state index in [-0.39, 0.29) is 24.9 Å². The molecule has 0 aliphatic carbocycles. The van der Waals surface area contributed by atoms with Gasteiger partial charge in [0, 0.05) is 19.6 Å². The minimum Gasteiger partial charge on any atom is -0.394 e. The van der Waals surface area contributed by atoms with Crippen molar-refractivity contribution in [3.05, 3.63) is 35.6 Å². The summed E-state index contributed by atoms with van der Waals surface area (Å²) < 4.78 is 53.9. The summed E-state index contributed by atoms with van der Waals surface area (Å²) in [7, 11) is 0. The Labute approximate surface area is 299 Å². The number of aliphatic hydroxyl groups is 10. The second-order valence-electron chi connectivity index (χ2n) is 14.0. The van der Waals surface area contributed by atoms with Gasteiger partial charge in [-0.25, -0.2) is 4.39 Å². The van der Waals surface area contributed by atoms with Gasteiger partial charge in [0.1, 0.15) is 79.1 Å². The van der Waals surface area contributed by atoms with E-state index >= 15 is 0 Å². The van der Waals surface area contributed by atoms with Gasteiger partial charge in [0.25, 0.3) is 0 Å². The summed E-state index contributed by atoms with van der Waals surface area (Å²) >= 11 is 0. The van der Waals surface area contributed by atoms with Crippen molar-refractivity contribution in [2.24, 2.45) is 5.92 Å². The molecule has 19 heteroatoms. The first kappa shape index (κ1) is 41.6. The van der Waals surface area contributed by atoms with Crippen molar-refractivity contribution < 1.29 is 88.6 Å². The Morgan fingerprint density at radius 2 is 1.29 bits per heavy atom. The first-order valence-electron chi connectivity index (χ1n) is 17.4. The quantitative estimate of drug-likeness (QED) is 0.0910. The van der Waals surface area contributed by atoms with Crippen molar-refractivity contribution in [1.82, 2.24) is 4.90 Å². The standard InChI is InChI=1S/C33H52FNO17/c1-14(2)29-27(44)30(52-33-26(43)25(42)22(39)18(11-37)50-33)24(41)20(48-29)13-46-32-28(45)31(23(40)19(12-38)49-32)51-21-9-35(8-17(10-36)47-21)7-15-3-5-16(34)6-4-15/h3-6,14,17-33,36-45H,7-13H2,1-2H3. The van der Waals surface area contributed by atoms with Crippen LogP contribution in [0.1, 0.15) is 19.4 Å². The van der Waals surface area contributed by atoms with Crippen molar-refractivity contribution in [2.75, 3.05) is 39.5 Å². The molecule has 0 amide bonds. The average Bonchev–Trinajstić information content (AvgIpc) is 3.12. The lowest BCUT2D eigenvalue weighted by Gasteiger charge is -2.48. The van der Waals surface area contributed by atoms with Crippen LogP contribution in [0.25, 0.3) is 0 Å². The number of aliphatic hydroxyl groups excluding tert-OH is 10. The Balaban J connectivity index is 1.26. The Hall–Kier alpha value is -1.57. The molecule has 4 fully saturated rings. The van der Waals surface area contributed by atoms with Gasteiger partial charge in [-0.15, -0.1) is 0 Å². The zero-order valence-corrected chi connectivity index (χ0v) is 28.8. The third-order valence-corrected chi connectivity index (χ3v) is 9.81. The zero-order valence-electron chi connectivity index (χ0n) is 28.8. The molecule has 5 rings (SSSR count). The van der Waals surface area contributed by atoms with Gasteiger partial charge < -0.3 is 84.2 Å². The molecule has 0 radical (unpaired) electrons. The van der Waals surface area contributed by atoms with E-state index in [1.807, 2.05) is 4.90 Å². The number of nitrogens with zero attached hydrogens (tertiary/aromatic N) is 1. The van der Waals surface area contributed by atoms with Crippen molar-refractivity contribution in [3.8, 4) is 0 Å². The molecule has 1 aromatic rings. The summed E-state index contributed by atoms with van der Waals surface area (Å²) in [5.74, 6) is -0.740. The summed E-state index contributed by atoms with van der Waals surface area (Å²) in [6.07, 6.45) is -24.4. The van der Waals surface area contributed by atoms with Crippen LogP contribution < -0.4 is 0 Å². The lowest BCUT2D eigenvalue weighted by molar-refractivity contribution is -0.354. The van der Waals surface area contributed by atoms with Gasteiger partial charge >= 0.3 is 0 Å². The molecule has 298 valence electrons. The van der Waals surface area contributed by atoms with E-state index in [2.05, 4.69) is 0 Å². The highest BCUT2D eigenvalue weighted by Gasteiger charge is 2.52. The molecule has 17 unspecified atom stereocenters. The Bertz CT molecular complexity index is 1240. The van der Waals surface area contributed by atoms with Crippen LogP contribution in [0.15, 0.2) is 24.3 Å². The molecule has 1 aromatic carbocycles. The molecule has 0 aromatic heterocycles. The molecule has 4 aliphatic rings. The smallest absolute Gasteiger partial charge is 0.187 e. The summed E-state index contributed by atoms with van der Waals surface area (Å²) in [6, 6.07) is 5.89. The second-order valence-corrected chi connectivity index (χ2v) is 14.0. The fraction of sp³-hybridized carbons (Fsp3) is 0.818. The minimum absolute atomic E-state index is 0.136. The Kier molecular flexibility index (Phi) is 14.7. The third-order valence-electron chi connectivity index (χ3n) is 9.81. The third kappa shape index (κ3) is 9.44. The van der Waals surface area contributed by atoms with E-state index in [4.69, 9.17) is 33.2 Å². The molecule has 17 atom stereocenters. The number of benzene rings is 1. The van der Waals surface area contributed by atoms with Crippen LogP contribution in [0, 0.1) is 11.7 Å². The van der Waals surface area contributed by atoms with Crippen molar-refractivity contribution in [1.29, 1.82) is 0 Å². The maximum atomic E-state index is 13.4. The van der Waals surface area contributed by atoms with Gasteiger partial charge in [-0.3, -0.25) is 4.90 Å². The van der Waals surface area contributed by atoms with Crippen LogP contribution in [0.4, 0.5) is 4.39 Å². The minimum atomic E-state index is -1.81. The molecule has 0 saturated carbocycles. The molecule has 4 saturated heterocycles. The first-order chi connectivity index (χ1) is 24.8. The molecule has 0 bridgehead atoms. The number of halogens is 1. The van der Waals surface area contributed by atoms with Gasteiger partial charge in [-0.1, -0.05) is 26.0 Å². The number of hydrogen-bond acceptors (Lipinski definition) is 18. The number of rotatable bonds is 13. The van der Waals surface area contributed by atoms with Gasteiger partial charge in [0.05, 0.1) is 38.6 Å². The SMILES string of the molecule is CC(C)C1OC(COC2OC(CO)C(O)C(OC3CN(Cc4ccc(F)cc4)CC(CO)O3)C2O)C(O)C(OC2OC(CO)C(O)C(O)C2O)C1O. The normalized spacial score (nSPS) is 43.5. The summed E-state index contributed by atoms with van der Waals surface area (Å²) in [5.41, 5.74) is 0.791. The Morgan fingerprint density at radius 3 is 1.92 bits per heavy atom. The van der Waals surface area contributed by atoms with Crippen molar-refractivity contribution in [2.45, 2.75) is 125 Å². The van der Waals surface area contributed by atoms with E-state index in [9.17, 15) is 55.5 Å². The van der Waals surface area contributed by atoms with Crippen LogP contribution in [0.3, 0.4) is 0 Å². The predicted molar refractivity (Wildman–Crippen MR) is 170 cm³/mol. The molecular formula is C33H52FNO17. The molecule has 0 spiro atoms. The molecule has 52 heavy (non-hydrogen) atoms. The van der Waals surface area contributed by atoms with E-state index in [1.54, 1.807) is 26.0 Å². The molecular weight excluding hydrogens is 701 g/mol. The van der Waals surface area contributed by atoms with Gasteiger partial charge in [-0.05, 0) is 23.6 Å². The predicted octanol–water partition coefficient (Wildman–Crippen LogP) is -4.48. The maximum Gasteiger partial charge on any atom is 0.187 e. The van der Waals surface area contributed by atoms with E-state index in [0.29, 0.717) is 13.1 Å². The Morgan fingerprint density at radius 1 is 0.673 bits per heavy atom. The van der Waals surface area contributed by atoms with E-state index < -0.39 is 124 Å². The molecule has 18 nitrogen and oxygen atoms in total. The second kappa shape index (κ2) is 18.4. The fourth-order valence-electron chi connectivity index (χ4n) is 6.89. The van der Waals surface area contributed by atoms with Crippen LogP contribution in [0.5, 0.6) is 0 Å². The van der Waals surface area contributed by atoms with Crippen molar-refractivity contribution >= 4 is 0 Å². The largest absolute Gasteiger partial charge is 0.394 e. The fourth-order valence-corrected chi connectivity index (χ4v) is 6.89. The molecule has 10 N–H and O–H groups in total. The van der Waals surface area contributed by atoms with Crippen LogP contribution in [-0.4, -0.2) is 200 Å². The van der Waals surface area contributed by atoms with E-state index in [1.165, 1.54) is 12.1 Å². The number of hydrogen-bond donors (Lipinski definition) is 10. The first-order valence-corrected chi connectivity index (χ1v) is 17.4. The van der Waals surface area contributed by atoms with Crippen LogP contribution >= 0.6 is 0 Å².